The third-order valence-electron chi connectivity index (χ3n) is 4.08. The molecule has 0 aromatic carbocycles. The van der Waals surface area contributed by atoms with Crippen molar-refractivity contribution in [3.8, 4) is 0 Å². The molecule has 7 nitrogen and oxygen atoms in total. The van der Waals surface area contributed by atoms with Crippen LogP contribution < -0.4 is 16.6 Å². The first-order valence-electron chi connectivity index (χ1n) is 6.95. The molecule has 3 rings (SSSR count). The zero-order valence-corrected chi connectivity index (χ0v) is 12.0. The van der Waals surface area contributed by atoms with Gasteiger partial charge in [0, 0.05) is 20.6 Å². The van der Waals surface area contributed by atoms with Gasteiger partial charge < -0.3 is 9.88 Å². The van der Waals surface area contributed by atoms with Crippen molar-refractivity contribution < 1.29 is 0 Å². The van der Waals surface area contributed by atoms with Crippen molar-refractivity contribution >= 4 is 11.2 Å². The third-order valence-corrected chi connectivity index (χ3v) is 4.08. The van der Waals surface area contributed by atoms with Gasteiger partial charge in [0.15, 0.2) is 11.2 Å². The predicted molar refractivity (Wildman–Crippen MR) is 75.9 cm³/mol. The first-order valence-corrected chi connectivity index (χ1v) is 6.95. The molecule has 0 spiro atoms. The molecule has 1 N–H and O–H groups in total. The number of hydrogen-bond acceptors (Lipinski definition) is 4. The Bertz CT molecular complexity index is 777. The zero-order valence-electron chi connectivity index (χ0n) is 12.0. The number of nitrogens with one attached hydrogen (secondary N) is 1. The van der Waals surface area contributed by atoms with Gasteiger partial charge in [-0.15, -0.1) is 0 Å². The summed E-state index contributed by atoms with van der Waals surface area (Å²) < 4.78 is 4.53. The Morgan fingerprint density at radius 2 is 2.05 bits per heavy atom. The van der Waals surface area contributed by atoms with Gasteiger partial charge in [-0.05, 0) is 26.3 Å². The Morgan fingerprint density at radius 1 is 1.30 bits per heavy atom. The molecule has 0 saturated carbocycles. The largest absolute Gasteiger partial charge is 0.332 e. The minimum Gasteiger partial charge on any atom is -0.324 e. The number of hydrogen-bond donors (Lipinski definition) is 1. The van der Waals surface area contributed by atoms with Gasteiger partial charge in [0.25, 0.3) is 5.56 Å². The van der Waals surface area contributed by atoms with E-state index in [1.54, 1.807) is 4.57 Å². The summed E-state index contributed by atoms with van der Waals surface area (Å²) in [5.41, 5.74) is 0.396. The maximum Gasteiger partial charge on any atom is 0.332 e. The van der Waals surface area contributed by atoms with Crippen molar-refractivity contribution in [3.63, 3.8) is 0 Å². The quantitative estimate of drug-likeness (QED) is 0.830. The lowest BCUT2D eigenvalue weighted by molar-refractivity contribution is 0.583. The average Bonchev–Trinajstić information content (AvgIpc) is 3.05. The fourth-order valence-corrected chi connectivity index (χ4v) is 2.95. The SMILES string of the molecule is CCn1c(=O)n(C)c(=O)c2c1nc(C1CCCN1)n2C. The molecule has 1 aliphatic heterocycles. The summed E-state index contributed by atoms with van der Waals surface area (Å²) in [6.07, 6.45) is 2.11. The normalized spacial score (nSPS) is 19.1. The second kappa shape index (κ2) is 4.59. The molecule has 1 atom stereocenters. The Kier molecular flexibility index (Phi) is 3.01. The topological polar surface area (TPSA) is 73.8 Å². The fraction of sp³-hybridized carbons (Fsp3) is 0.615. The highest BCUT2D eigenvalue weighted by Gasteiger charge is 2.25. The van der Waals surface area contributed by atoms with E-state index in [4.69, 9.17) is 0 Å². The Labute approximate surface area is 115 Å². The standard InChI is InChI=1S/C13H19N5O2/c1-4-18-11-9(12(19)17(3)13(18)20)16(2)10(15-11)8-6-5-7-14-8/h8,14H,4-7H2,1-3H3. The van der Waals surface area contributed by atoms with Gasteiger partial charge in [0.1, 0.15) is 5.82 Å². The van der Waals surface area contributed by atoms with Crippen LogP contribution in [-0.2, 0) is 20.6 Å². The molecule has 1 saturated heterocycles. The summed E-state index contributed by atoms with van der Waals surface area (Å²) in [6, 6.07) is 0.164. The fourth-order valence-electron chi connectivity index (χ4n) is 2.95. The van der Waals surface area contributed by atoms with Crippen molar-refractivity contribution in [3.05, 3.63) is 26.7 Å². The molecule has 0 radical (unpaired) electrons. The summed E-state index contributed by atoms with van der Waals surface area (Å²) in [4.78, 5) is 29.1. The van der Waals surface area contributed by atoms with Crippen LogP contribution in [0.1, 0.15) is 31.6 Å². The van der Waals surface area contributed by atoms with Crippen LogP contribution in [0.2, 0.25) is 0 Å². The summed E-state index contributed by atoms with van der Waals surface area (Å²) in [6.45, 7) is 3.35. The van der Waals surface area contributed by atoms with Crippen LogP contribution in [-0.4, -0.2) is 25.2 Å². The molecular weight excluding hydrogens is 258 g/mol. The maximum atomic E-state index is 12.3. The molecule has 0 aliphatic carbocycles. The van der Waals surface area contributed by atoms with Crippen LogP contribution >= 0.6 is 0 Å². The van der Waals surface area contributed by atoms with Crippen molar-refractivity contribution in [2.75, 3.05) is 6.54 Å². The van der Waals surface area contributed by atoms with Crippen molar-refractivity contribution in [1.82, 2.24) is 24.0 Å². The summed E-state index contributed by atoms with van der Waals surface area (Å²) >= 11 is 0. The Balaban J connectivity index is 2.38. The Morgan fingerprint density at radius 3 is 2.65 bits per heavy atom. The van der Waals surface area contributed by atoms with Crippen LogP contribution in [0.3, 0.4) is 0 Å². The van der Waals surface area contributed by atoms with E-state index >= 15 is 0 Å². The van der Waals surface area contributed by atoms with E-state index in [9.17, 15) is 9.59 Å². The van der Waals surface area contributed by atoms with E-state index < -0.39 is 0 Å². The van der Waals surface area contributed by atoms with Gasteiger partial charge >= 0.3 is 5.69 Å². The minimum atomic E-state index is -0.311. The lowest BCUT2D eigenvalue weighted by Gasteiger charge is -2.09. The maximum absolute atomic E-state index is 12.3. The van der Waals surface area contributed by atoms with Gasteiger partial charge in [0.05, 0.1) is 6.04 Å². The van der Waals surface area contributed by atoms with Crippen LogP contribution in [0, 0.1) is 0 Å². The highest BCUT2D eigenvalue weighted by Crippen LogP contribution is 2.23. The number of nitrogens with zero attached hydrogens (tertiary/aromatic N) is 4. The second-order valence-electron chi connectivity index (χ2n) is 5.24. The molecule has 1 unspecified atom stereocenters. The van der Waals surface area contributed by atoms with Gasteiger partial charge in [-0.1, -0.05) is 0 Å². The molecule has 108 valence electrons. The zero-order chi connectivity index (χ0) is 14.4. The highest BCUT2D eigenvalue weighted by atomic mass is 16.2. The molecule has 0 amide bonds. The molecular formula is C13H19N5O2. The average molecular weight is 277 g/mol. The smallest absolute Gasteiger partial charge is 0.324 e. The minimum absolute atomic E-state index is 0.164. The number of aromatic nitrogens is 4. The molecule has 7 heteroatoms. The molecule has 2 aromatic heterocycles. The van der Waals surface area contributed by atoms with Crippen molar-refractivity contribution in [1.29, 1.82) is 0 Å². The van der Waals surface area contributed by atoms with Gasteiger partial charge in [-0.2, -0.15) is 0 Å². The van der Waals surface area contributed by atoms with E-state index in [1.165, 1.54) is 7.05 Å². The molecule has 20 heavy (non-hydrogen) atoms. The van der Waals surface area contributed by atoms with E-state index in [0.29, 0.717) is 17.7 Å². The van der Waals surface area contributed by atoms with E-state index in [1.807, 2.05) is 18.5 Å². The number of imidazole rings is 1. The van der Waals surface area contributed by atoms with Crippen molar-refractivity contribution in [2.45, 2.75) is 32.4 Å². The number of rotatable bonds is 2. The summed E-state index contributed by atoms with van der Waals surface area (Å²) in [5, 5.41) is 3.38. The monoisotopic (exact) mass is 277 g/mol. The predicted octanol–water partition coefficient (Wildman–Crippen LogP) is -0.122. The van der Waals surface area contributed by atoms with Gasteiger partial charge in [0.2, 0.25) is 0 Å². The molecule has 3 heterocycles. The number of fused-ring (bicyclic) bond motifs is 1. The first kappa shape index (κ1) is 13.1. The van der Waals surface area contributed by atoms with E-state index in [0.717, 1.165) is 29.8 Å². The lowest BCUT2D eigenvalue weighted by atomic mass is 10.2. The second-order valence-corrected chi connectivity index (χ2v) is 5.24. The highest BCUT2D eigenvalue weighted by molar-refractivity contribution is 5.71. The summed E-state index contributed by atoms with van der Waals surface area (Å²) in [5.74, 6) is 0.836. The van der Waals surface area contributed by atoms with Crippen LogP contribution in [0.4, 0.5) is 0 Å². The Hall–Kier alpha value is -1.89. The van der Waals surface area contributed by atoms with Crippen LogP contribution in [0.15, 0.2) is 9.59 Å². The first-order chi connectivity index (χ1) is 9.56. The van der Waals surface area contributed by atoms with Crippen molar-refractivity contribution in [2.24, 2.45) is 14.1 Å². The van der Waals surface area contributed by atoms with Gasteiger partial charge in [-0.25, -0.2) is 9.78 Å². The molecule has 0 bridgehead atoms. The summed E-state index contributed by atoms with van der Waals surface area (Å²) in [7, 11) is 3.35. The van der Waals surface area contributed by atoms with E-state index in [2.05, 4.69) is 10.3 Å². The van der Waals surface area contributed by atoms with Crippen LogP contribution in [0.5, 0.6) is 0 Å². The lowest BCUT2D eigenvalue weighted by Crippen LogP contribution is -2.38. The third kappa shape index (κ3) is 1.66. The molecule has 1 fully saturated rings. The van der Waals surface area contributed by atoms with Gasteiger partial charge in [-0.3, -0.25) is 13.9 Å². The molecule has 2 aromatic rings. The van der Waals surface area contributed by atoms with Crippen LogP contribution in [0.25, 0.3) is 11.2 Å². The number of aryl methyl sites for hydroxylation is 2. The van der Waals surface area contributed by atoms with E-state index in [-0.39, 0.29) is 17.3 Å². The molecule has 1 aliphatic rings.